The highest BCUT2D eigenvalue weighted by atomic mass is 16.5. The van der Waals surface area contributed by atoms with Crippen LogP contribution in [-0.2, 0) is 4.79 Å². The molecule has 0 heterocycles. The molecule has 1 atom stereocenters. The number of anilines is 1. The molecule has 0 aliphatic carbocycles. The Morgan fingerprint density at radius 1 is 1.24 bits per heavy atom. The Hall–Kier alpha value is -2.84. The van der Waals surface area contributed by atoms with Crippen LogP contribution in [0.1, 0.15) is 30.5 Å². The molecule has 5 heteroatoms. The molecule has 5 nitrogen and oxygen atoms in total. The van der Waals surface area contributed by atoms with Crippen molar-refractivity contribution in [3.63, 3.8) is 0 Å². The lowest BCUT2D eigenvalue weighted by Gasteiger charge is -2.26. The van der Waals surface area contributed by atoms with Crippen LogP contribution in [0.25, 0.3) is 0 Å². The number of hydrogen-bond donors (Lipinski definition) is 1. The van der Waals surface area contributed by atoms with Crippen LogP contribution in [-0.4, -0.2) is 31.5 Å². The molecule has 2 aromatic rings. The fourth-order valence-electron chi connectivity index (χ4n) is 2.62. The highest BCUT2D eigenvalue weighted by Crippen LogP contribution is 2.28. The van der Waals surface area contributed by atoms with Crippen molar-refractivity contribution in [2.24, 2.45) is 0 Å². The van der Waals surface area contributed by atoms with E-state index in [9.17, 15) is 4.79 Å². The maximum Gasteiger partial charge on any atom is 0.225 e. The quantitative estimate of drug-likeness (QED) is 0.838. The number of nitrogens with one attached hydrogen (secondary N) is 1. The largest absolute Gasteiger partial charge is 0.496 e. The van der Waals surface area contributed by atoms with Crippen molar-refractivity contribution >= 4 is 11.6 Å². The molecule has 0 aliphatic heterocycles. The maximum absolute atomic E-state index is 12.2. The minimum Gasteiger partial charge on any atom is -0.496 e. The first-order valence-corrected chi connectivity index (χ1v) is 8.19. The van der Waals surface area contributed by atoms with Crippen LogP contribution < -0.4 is 10.1 Å². The van der Waals surface area contributed by atoms with Gasteiger partial charge in [0.25, 0.3) is 0 Å². The van der Waals surface area contributed by atoms with Gasteiger partial charge in [0.05, 0.1) is 18.4 Å². The lowest BCUT2D eigenvalue weighted by atomic mass is 10.1. The van der Waals surface area contributed by atoms with Crippen LogP contribution in [0.15, 0.2) is 48.5 Å². The first-order chi connectivity index (χ1) is 12.1. The summed E-state index contributed by atoms with van der Waals surface area (Å²) in [7, 11) is 3.64. The standard InChI is InChI=1S/C20H23N3O2/c1-15(17-9-5-7-11-19(17)25-3)23(2)13-12-20(24)22-18-10-6-4-8-16(18)14-21/h4-11,15H,12-13H2,1-3H3,(H,22,24)/t15-/m0/s1. The van der Waals surface area contributed by atoms with Crippen molar-refractivity contribution in [2.75, 3.05) is 26.0 Å². The molecule has 2 aromatic carbocycles. The highest BCUT2D eigenvalue weighted by Gasteiger charge is 2.16. The van der Waals surface area contributed by atoms with Gasteiger partial charge < -0.3 is 10.1 Å². The Morgan fingerprint density at radius 2 is 1.92 bits per heavy atom. The van der Waals surface area contributed by atoms with E-state index >= 15 is 0 Å². The lowest BCUT2D eigenvalue weighted by molar-refractivity contribution is -0.116. The third kappa shape index (κ3) is 4.82. The number of nitrogens with zero attached hydrogens (tertiary/aromatic N) is 2. The Labute approximate surface area is 148 Å². The predicted octanol–water partition coefficient (Wildman–Crippen LogP) is 3.59. The van der Waals surface area contributed by atoms with E-state index in [-0.39, 0.29) is 11.9 Å². The molecule has 0 unspecified atom stereocenters. The van der Waals surface area contributed by atoms with E-state index in [2.05, 4.69) is 23.2 Å². The van der Waals surface area contributed by atoms with Gasteiger partial charge in [0.1, 0.15) is 11.8 Å². The van der Waals surface area contributed by atoms with Gasteiger partial charge in [0.15, 0.2) is 0 Å². The maximum atomic E-state index is 12.2. The van der Waals surface area contributed by atoms with Gasteiger partial charge in [-0.1, -0.05) is 30.3 Å². The van der Waals surface area contributed by atoms with E-state index in [1.165, 1.54) is 0 Å². The Bertz CT molecular complexity index is 768. The molecule has 0 saturated carbocycles. The summed E-state index contributed by atoms with van der Waals surface area (Å²) in [5.74, 6) is 0.732. The zero-order valence-electron chi connectivity index (χ0n) is 14.8. The smallest absolute Gasteiger partial charge is 0.225 e. The lowest BCUT2D eigenvalue weighted by Crippen LogP contribution is -2.27. The van der Waals surface area contributed by atoms with Gasteiger partial charge in [-0.2, -0.15) is 5.26 Å². The zero-order chi connectivity index (χ0) is 18.2. The zero-order valence-corrected chi connectivity index (χ0v) is 14.8. The van der Waals surface area contributed by atoms with Crippen LogP contribution in [0.4, 0.5) is 5.69 Å². The Morgan fingerprint density at radius 3 is 2.64 bits per heavy atom. The van der Waals surface area contributed by atoms with E-state index in [0.717, 1.165) is 11.3 Å². The number of para-hydroxylation sites is 2. The first-order valence-electron chi connectivity index (χ1n) is 8.19. The average Bonchev–Trinajstić information content (AvgIpc) is 2.65. The minimum atomic E-state index is -0.109. The predicted molar refractivity (Wildman–Crippen MR) is 98.4 cm³/mol. The van der Waals surface area contributed by atoms with Crippen LogP contribution in [0.5, 0.6) is 5.75 Å². The molecule has 0 fully saturated rings. The van der Waals surface area contributed by atoms with Gasteiger partial charge in [-0.05, 0) is 32.2 Å². The molecular weight excluding hydrogens is 314 g/mol. The van der Waals surface area contributed by atoms with E-state index in [4.69, 9.17) is 10.00 Å². The van der Waals surface area contributed by atoms with Gasteiger partial charge in [-0.15, -0.1) is 0 Å². The highest BCUT2D eigenvalue weighted by molar-refractivity contribution is 5.92. The number of amides is 1. The molecule has 0 radical (unpaired) electrons. The third-order valence-electron chi connectivity index (χ3n) is 4.26. The second-order valence-corrected chi connectivity index (χ2v) is 5.85. The molecule has 1 N–H and O–H groups in total. The van der Waals surface area contributed by atoms with E-state index in [1.54, 1.807) is 31.4 Å². The first kappa shape index (κ1) is 18.5. The van der Waals surface area contributed by atoms with Crippen LogP contribution in [0.3, 0.4) is 0 Å². The number of rotatable bonds is 7. The van der Waals surface area contributed by atoms with Crippen molar-refractivity contribution in [3.05, 3.63) is 59.7 Å². The average molecular weight is 337 g/mol. The topological polar surface area (TPSA) is 65.4 Å². The number of carbonyl (C=O) groups excluding carboxylic acids is 1. The summed E-state index contributed by atoms with van der Waals surface area (Å²) in [4.78, 5) is 14.3. The van der Waals surface area contributed by atoms with Crippen molar-refractivity contribution in [1.82, 2.24) is 4.90 Å². The van der Waals surface area contributed by atoms with E-state index in [1.807, 2.05) is 31.3 Å². The van der Waals surface area contributed by atoms with Crippen molar-refractivity contribution in [2.45, 2.75) is 19.4 Å². The summed E-state index contributed by atoms with van der Waals surface area (Å²) in [6.07, 6.45) is 0.343. The molecule has 0 aliphatic rings. The second-order valence-electron chi connectivity index (χ2n) is 5.85. The Kier molecular flexibility index (Phi) is 6.55. The van der Waals surface area contributed by atoms with Crippen molar-refractivity contribution in [1.29, 1.82) is 5.26 Å². The van der Waals surface area contributed by atoms with Crippen molar-refractivity contribution in [3.8, 4) is 11.8 Å². The SMILES string of the molecule is COc1ccccc1[C@H](C)N(C)CCC(=O)Nc1ccccc1C#N. The third-order valence-corrected chi connectivity index (χ3v) is 4.26. The number of methoxy groups -OCH3 is 1. The summed E-state index contributed by atoms with van der Waals surface area (Å²) >= 11 is 0. The molecule has 25 heavy (non-hydrogen) atoms. The monoisotopic (exact) mass is 337 g/mol. The van der Waals surface area contributed by atoms with Gasteiger partial charge in [0, 0.05) is 24.6 Å². The molecule has 0 saturated heterocycles. The second kappa shape index (κ2) is 8.86. The number of benzene rings is 2. The number of ether oxygens (including phenoxy) is 1. The summed E-state index contributed by atoms with van der Waals surface area (Å²) < 4.78 is 5.41. The number of nitriles is 1. The summed E-state index contributed by atoms with van der Waals surface area (Å²) in [5, 5.41) is 11.9. The summed E-state index contributed by atoms with van der Waals surface area (Å²) in [6.45, 7) is 2.68. The fourth-order valence-corrected chi connectivity index (χ4v) is 2.62. The molecule has 0 spiro atoms. The van der Waals surface area contributed by atoms with Gasteiger partial charge >= 0.3 is 0 Å². The normalized spacial score (nSPS) is 11.6. The van der Waals surface area contributed by atoms with Crippen LogP contribution in [0.2, 0.25) is 0 Å². The van der Waals surface area contributed by atoms with E-state index in [0.29, 0.717) is 24.2 Å². The van der Waals surface area contributed by atoms with E-state index < -0.39 is 0 Å². The number of hydrogen-bond acceptors (Lipinski definition) is 4. The molecular formula is C20H23N3O2. The van der Waals surface area contributed by atoms with Crippen molar-refractivity contribution < 1.29 is 9.53 Å². The summed E-state index contributed by atoms with van der Waals surface area (Å²) in [5.41, 5.74) is 2.10. The molecule has 2 rings (SSSR count). The Balaban J connectivity index is 1.94. The minimum absolute atomic E-state index is 0.109. The molecule has 0 bridgehead atoms. The molecule has 1 amide bonds. The van der Waals surface area contributed by atoms with Gasteiger partial charge in [-0.25, -0.2) is 0 Å². The van der Waals surface area contributed by atoms with Crippen LogP contribution in [0, 0.1) is 11.3 Å². The van der Waals surface area contributed by atoms with Crippen LogP contribution >= 0.6 is 0 Å². The molecule has 130 valence electrons. The van der Waals surface area contributed by atoms with Gasteiger partial charge in [0.2, 0.25) is 5.91 Å². The molecule has 0 aromatic heterocycles. The summed E-state index contributed by atoms with van der Waals surface area (Å²) in [6, 6.07) is 17.1. The fraction of sp³-hybridized carbons (Fsp3) is 0.300. The number of carbonyl (C=O) groups is 1. The van der Waals surface area contributed by atoms with Gasteiger partial charge in [-0.3, -0.25) is 9.69 Å².